The number of rotatable bonds is 4. The predicted molar refractivity (Wildman–Crippen MR) is 94.5 cm³/mol. The first-order valence-corrected chi connectivity index (χ1v) is 8.50. The van der Waals surface area contributed by atoms with E-state index in [-0.39, 0.29) is 17.7 Å². The van der Waals surface area contributed by atoms with Gasteiger partial charge in [-0.25, -0.2) is 4.68 Å². The van der Waals surface area contributed by atoms with Crippen LogP contribution in [-0.4, -0.2) is 15.7 Å². The van der Waals surface area contributed by atoms with Crippen molar-refractivity contribution in [2.75, 3.05) is 5.32 Å². The molecule has 0 aliphatic heterocycles. The van der Waals surface area contributed by atoms with Gasteiger partial charge < -0.3 is 5.32 Å². The summed E-state index contributed by atoms with van der Waals surface area (Å²) >= 11 is 0. The minimum Gasteiger partial charge on any atom is -0.326 e. The van der Waals surface area contributed by atoms with Crippen molar-refractivity contribution < 1.29 is 18.0 Å². The maximum absolute atomic E-state index is 12.6. The quantitative estimate of drug-likeness (QED) is 0.727. The molecule has 4 rings (SSSR count). The van der Waals surface area contributed by atoms with Crippen molar-refractivity contribution in [1.82, 2.24) is 9.78 Å². The summed E-state index contributed by atoms with van der Waals surface area (Å²) in [6, 6.07) is 14.2. The summed E-state index contributed by atoms with van der Waals surface area (Å²) in [6.07, 6.45) is -0.194. The van der Waals surface area contributed by atoms with E-state index in [4.69, 9.17) is 0 Å². The molecule has 1 heterocycles. The Morgan fingerprint density at radius 3 is 2.37 bits per heavy atom. The average Bonchev–Trinajstić information content (AvgIpc) is 3.27. The summed E-state index contributed by atoms with van der Waals surface area (Å²) in [5, 5.41) is 7.00. The highest BCUT2D eigenvalue weighted by Gasteiger charge is 2.44. The Bertz CT molecular complexity index is 932. The monoisotopic (exact) mass is 371 g/mol. The van der Waals surface area contributed by atoms with Crippen LogP contribution in [0.5, 0.6) is 0 Å². The van der Waals surface area contributed by atoms with E-state index in [2.05, 4.69) is 10.4 Å². The van der Waals surface area contributed by atoms with Crippen LogP contribution in [0.3, 0.4) is 0 Å². The Kier molecular flexibility index (Phi) is 4.22. The molecule has 2 atom stereocenters. The molecule has 1 saturated carbocycles. The van der Waals surface area contributed by atoms with E-state index in [1.807, 2.05) is 24.4 Å². The number of alkyl halides is 3. The molecule has 27 heavy (non-hydrogen) atoms. The van der Waals surface area contributed by atoms with Gasteiger partial charge in [-0.05, 0) is 60.4 Å². The highest BCUT2D eigenvalue weighted by molar-refractivity contribution is 5.95. The summed E-state index contributed by atoms with van der Waals surface area (Å²) in [5.41, 5.74) is 1.64. The van der Waals surface area contributed by atoms with Crippen LogP contribution in [-0.2, 0) is 11.0 Å². The smallest absolute Gasteiger partial charge is 0.326 e. The van der Waals surface area contributed by atoms with E-state index in [1.54, 1.807) is 23.0 Å². The number of amides is 1. The standard InChI is InChI=1S/C20H16F3N3O/c21-20(22,23)14-4-2-13(3-5-14)17-12-18(17)19(27)25-15-6-8-16(9-7-15)26-11-1-10-24-26/h1-11,17-18H,12H2,(H,25,27). The summed E-state index contributed by atoms with van der Waals surface area (Å²) in [6.45, 7) is 0. The molecule has 1 fully saturated rings. The van der Waals surface area contributed by atoms with Crippen LogP contribution >= 0.6 is 0 Å². The number of nitrogens with zero attached hydrogens (tertiary/aromatic N) is 2. The van der Waals surface area contributed by atoms with Crippen molar-refractivity contribution in [2.45, 2.75) is 18.5 Å². The van der Waals surface area contributed by atoms with E-state index in [0.29, 0.717) is 12.1 Å². The third-order valence-corrected chi connectivity index (χ3v) is 4.70. The van der Waals surface area contributed by atoms with Crippen LogP contribution in [0.25, 0.3) is 5.69 Å². The zero-order valence-electron chi connectivity index (χ0n) is 14.1. The van der Waals surface area contributed by atoms with E-state index >= 15 is 0 Å². The van der Waals surface area contributed by atoms with Gasteiger partial charge in [0.1, 0.15) is 0 Å². The molecule has 1 aliphatic carbocycles. The topological polar surface area (TPSA) is 46.9 Å². The van der Waals surface area contributed by atoms with Gasteiger partial charge in [-0.15, -0.1) is 0 Å². The summed E-state index contributed by atoms with van der Waals surface area (Å²) < 4.78 is 39.6. The predicted octanol–water partition coefficient (Wildman–Crippen LogP) is 4.63. The van der Waals surface area contributed by atoms with Gasteiger partial charge in [0.25, 0.3) is 0 Å². The van der Waals surface area contributed by atoms with Crippen molar-refractivity contribution in [3.05, 3.63) is 78.1 Å². The lowest BCUT2D eigenvalue weighted by molar-refractivity contribution is -0.137. The lowest BCUT2D eigenvalue weighted by Gasteiger charge is -2.08. The molecule has 3 aromatic rings. The zero-order valence-corrected chi connectivity index (χ0v) is 14.1. The van der Waals surface area contributed by atoms with Crippen molar-refractivity contribution in [3.8, 4) is 5.69 Å². The molecule has 0 saturated heterocycles. The first-order chi connectivity index (χ1) is 12.9. The first-order valence-electron chi connectivity index (χ1n) is 8.50. The largest absolute Gasteiger partial charge is 0.416 e. The third kappa shape index (κ3) is 3.72. The van der Waals surface area contributed by atoms with Gasteiger partial charge in [0.05, 0.1) is 11.3 Å². The minimum atomic E-state index is -4.35. The third-order valence-electron chi connectivity index (χ3n) is 4.70. The fraction of sp³-hybridized carbons (Fsp3) is 0.200. The van der Waals surface area contributed by atoms with Crippen LogP contribution in [0.1, 0.15) is 23.5 Å². The average molecular weight is 371 g/mol. The van der Waals surface area contributed by atoms with Crippen molar-refractivity contribution in [3.63, 3.8) is 0 Å². The van der Waals surface area contributed by atoms with Crippen LogP contribution in [0.4, 0.5) is 18.9 Å². The lowest BCUT2D eigenvalue weighted by Crippen LogP contribution is -2.14. The summed E-state index contributed by atoms with van der Waals surface area (Å²) in [4.78, 5) is 12.4. The number of carbonyl (C=O) groups excluding carboxylic acids is 1. The van der Waals surface area contributed by atoms with Crippen LogP contribution in [0.15, 0.2) is 67.0 Å². The number of hydrogen-bond donors (Lipinski definition) is 1. The molecule has 1 aliphatic rings. The fourth-order valence-electron chi connectivity index (χ4n) is 3.13. The fourth-order valence-corrected chi connectivity index (χ4v) is 3.13. The van der Waals surface area contributed by atoms with E-state index < -0.39 is 11.7 Å². The van der Waals surface area contributed by atoms with Crippen LogP contribution < -0.4 is 5.32 Å². The molecule has 4 nitrogen and oxygen atoms in total. The maximum Gasteiger partial charge on any atom is 0.416 e. The molecule has 0 spiro atoms. The minimum absolute atomic E-state index is 0.0318. The van der Waals surface area contributed by atoms with Crippen molar-refractivity contribution in [1.29, 1.82) is 0 Å². The van der Waals surface area contributed by atoms with E-state index in [0.717, 1.165) is 23.4 Å². The Balaban J connectivity index is 1.37. The maximum atomic E-state index is 12.6. The number of benzene rings is 2. The van der Waals surface area contributed by atoms with Gasteiger partial charge >= 0.3 is 6.18 Å². The summed E-state index contributed by atoms with van der Waals surface area (Å²) in [5.74, 6) is -0.366. The highest BCUT2D eigenvalue weighted by atomic mass is 19.4. The van der Waals surface area contributed by atoms with Crippen LogP contribution in [0.2, 0.25) is 0 Å². The van der Waals surface area contributed by atoms with Crippen molar-refractivity contribution in [2.24, 2.45) is 5.92 Å². The Morgan fingerprint density at radius 1 is 1.07 bits per heavy atom. The first kappa shape index (κ1) is 17.3. The molecule has 0 radical (unpaired) electrons. The second-order valence-electron chi connectivity index (χ2n) is 6.56. The van der Waals surface area contributed by atoms with Gasteiger partial charge in [-0.1, -0.05) is 12.1 Å². The molecule has 2 aromatic carbocycles. The molecule has 1 N–H and O–H groups in total. The Morgan fingerprint density at radius 2 is 1.78 bits per heavy atom. The van der Waals surface area contributed by atoms with Gasteiger partial charge in [0, 0.05) is 24.0 Å². The number of halogens is 3. The Labute approximate surface area is 153 Å². The zero-order chi connectivity index (χ0) is 19.0. The van der Waals surface area contributed by atoms with E-state index in [1.165, 1.54) is 12.1 Å². The van der Waals surface area contributed by atoms with Crippen molar-refractivity contribution >= 4 is 11.6 Å². The van der Waals surface area contributed by atoms with Crippen LogP contribution in [0, 0.1) is 5.92 Å². The van der Waals surface area contributed by atoms with E-state index in [9.17, 15) is 18.0 Å². The molecular formula is C20H16F3N3O. The number of carbonyl (C=O) groups is 1. The number of aromatic nitrogens is 2. The van der Waals surface area contributed by atoms with Gasteiger partial charge in [-0.3, -0.25) is 4.79 Å². The molecule has 1 aromatic heterocycles. The summed E-state index contributed by atoms with van der Waals surface area (Å²) in [7, 11) is 0. The highest BCUT2D eigenvalue weighted by Crippen LogP contribution is 2.48. The van der Waals surface area contributed by atoms with Gasteiger partial charge in [0.2, 0.25) is 5.91 Å². The normalized spacial score (nSPS) is 18.9. The van der Waals surface area contributed by atoms with Gasteiger partial charge in [0.15, 0.2) is 0 Å². The Hall–Kier alpha value is -3.09. The lowest BCUT2D eigenvalue weighted by atomic mass is 10.1. The second kappa shape index (κ2) is 6.57. The molecule has 0 bridgehead atoms. The molecule has 2 unspecified atom stereocenters. The number of hydrogen-bond acceptors (Lipinski definition) is 2. The number of nitrogens with one attached hydrogen (secondary N) is 1. The number of anilines is 1. The SMILES string of the molecule is O=C(Nc1ccc(-n2cccn2)cc1)C1CC1c1ccc(C(F)(F)F)cc1. The molecule has 1 amide bonds. The second-order valence-corrected chi connectivity index (χ2v) is 6.56. The molecule has 7 heteroatoms. The molecule has 138 valence electrons. The molecular weight excluding hydrogens is 355 g/mol. The van der Waals surface area contributed by atoms with Gasteiger partial charge in [-0.2, -0.15) is 18.3 Å².